The van der Waals surface area contributed by atoms with Crippen LogP contribution in [0.4, 0.5) is 5.00 Å². The fraction of sp³-hybridized carbons (Fsp3) is 0.429. The molecule has 1 aliphatic rings. The molecule has 0 saturated carbocycles. The Morgan fingerprint density at radius 1 is 1.21 bits per heavy atom. The number of aryl methyl sites for hydroxylation is 1. The first kappa shape index (κ1) is 21.1. The lowest BCUT2D eigenvalue weighted by Gasteiger charge is -2.19. The summed E-state index contributed by atoms with van der Waals surface area (Å²) in [5.74, 6) is 0.645. The highest BCUT2D eigenvalue weighted by Crippen LogP contribution is 2.38. The van der Waals surface area contributed by atoms with Gasteiger partial charge < -0.3 is 20.5 Å². The van der Waals surface area contributed by atoms with E-state index < -0.39 is 5.91 Å². The number of anilines is 1. The first-order chi connectivity index (χ1) is 13.9. The average Bonchev–Trinajstić information content (AvgIpc) is 3.05. The largest absolute Gasteiger partial charge is 0.493 e. The molecule has 2 aromatic rings. The van der Waals surface area contributed by atoms with Gasteiger partial charge in [0.15, 0.2) is 11.5 Å². The van der Waals surface area contributed by atoms with E-state index in [0.717, 1.165) is 41.7 Å². The third-order valence-electron chi connectivity index (χ3n) is 5.01. The molecule has 0 bridgehead atoms. The van der Waals surface area contributed by atoms with Crippen LogP contribution in [0.3, 0.4) is 0 Å². The number of hydrogen-bond acceptors (Lipinski definition) is 6. The monoisotopic (exact) mass is 417 g/mol. The van der Waals surface area contributed by atoms with Crippen LogP contribution in [0.15, 0.2) is 18.2 Å². The number of ether oxygens (including phenoxy) is 2. The first-order valence-corrected chi connectivity index (χ1v) is 10.4. The second-order valence-corrected chi connectivity index (χ2v) is 8.26. The van der Waals surface area contributed by atoms with Gasteiger partial charge in [0, 0.05) is 17.0 Å². The quantitative estimate of drug-likeness (QED) is 0.689. The molecule has 1 heterocycles. The Kier molecular flexibility index (Phi) is 6.76. The van der Waals surface area contributed by atoms with Crippen LogP contribution in [0.1, 0.15) is 39.2 Å². The molecular formula is C21H27N3O4S. The maximum Gasteiger partial charge on any atom is 0.251 e. The Hall–Kier alpha value is -2.58. The van der Waals surface area contributed by atoms with Crippen molar-refractivity contribution in [3.63, 3.8) is 0 Å². The summed E-state index contributed by atoms with van der Waals surface area (Å²) in [7, 11) is 5.04. The van der Waals surface area contributed by atoms with Crippen LogP contribution in [-0.4, -0.2) is 44.5 Å². The number of amides is 2. The number of hydrogen-bond donors (Lipinski definition) is 2. The number of benzene rings is 1. The van der Waals surface area contributed by atoms with E-state index in [2.05, 4.69) is 5.32 Å². The zero-order chi connectivity index (χ0) is 21.0. The predicted molar refractivity (Wildman–Crippen MR) is 114 cm³/mol. The Labute approximate surface area is 174 Å². The number of nitrogens with zero attached hydrogens (tertiary/aromatic N) is 1. The van der Waals surface area contributed by atoms with Gasteiger partial charge in [0.1, 0.15) is 5.00 Å². The number of primary amides is 1. The van der Waals surface area contributed by atoms with Gasteiger partial charge in [-0.05, 0) is 44.4 Å². The molecule has 0 unspecified atom stereocenters. The molecule has 0 spiro atoms. The molecule has 3 rings (SSSR count). The van der Waals surface area contributed by atoms with Gasteiger partial charge in [-0.25, -0.2) is 0 Å². The van der Waals surface area contributed by atoms with E-state index in [9.17, 15) is 9.59 Å². The first-order valence-electron chi connectivity index (χ1n) is 9.57. The van der Waals surface area contributed by atoms with Crippen LogP contribution >= 0.6 is 11.3 Å². The molecule has 0 fully saturated rings. The Morgan fingerprint density at radius 3 is 2.66 bits per heavy atom. The van der Waals surface area contributed by atoms with Crippen LogP contribution in [0, 0.1) is 0 Å². The molecule has 2 amide bonds. The van der Waals surface area contributed by atoms with Crippen molar-refractivity contribution >= 4 is 28.2 Å². The highest BCUT2D eigenvalue weighted by Gasteiger charge is 2.25. The molecule has 0 saturated heterocycles. The maximum atomic E-state index is 12.6. The third kappa shape index (κ3) is 4.71. The second-order valence-electron chi connectivity index (χ2n) is 7.15. The number of likely N-dealkylation sites (N-methyl/N-ethyl adjacent to an activating group) is 1. The lowest BCUT2D eigenvalue weighted by molar-refractivity contribution is -0.117. The van der Waals surface area contributed by atoms with Crippen molar-refractivity contribution in [3.8, 4) is 11.5 Å². The highest BCUT2D eigenvalue weighted by molar-refractivity contribution is 7.17. The SMILES string of the molecule is COc1cccc(CN(C)CC(=O)Nc2sc3c(c2C(N)=O)CCCC3)c1OC. The molecule has 29 heavy (non-hydrogen) atoms. The van der Waals surface area contributed by atoms with Crippen molar-refractivity contribution in [2.75, 3.05) is 33.1 Å². The van der Waals surface area contributed by atoms with Gasteiger partial charge in [-0.3, -0.25) is 14.5 Å². The lowest BCUT2D eigenvalue weighted by Crippen LogP contribution is -2.30. The van der Waals surface area contributed by atoms with Crippen molar-refractivity contribution in [1.29, 1.82) is 0 Å². The van der Waals surface area contributed by atoms with Gasteiger partial charge in [-0.1, -0.05) is 12.1 Å². The minimum absolute atomic E-state index is 0.168. The molecule has 0 atom stereocenters. The van der Waals surface area contributed by atoms with Gasteiger partial charge in [0.25, 0.3) is 5.91 Å². The number of methoxy groups -OCH3 is 2. The smallest absolute Gasteiger partial charge is 0.251 e. The number of carbonyl (C=O) groups is 2. The average molecular weight is 418 g/mol. The van der Waals surface area contributed by atoms with Crippen molar-refractivity contribution < 1.29 is 19.1 Å². The molecule has 156 valence electrons. The summed E-state index contributed by atoms with van der Waals surface area (Å²) >= 11 is 1.47. The summed E-state index contributed by atoms with van der Waals surface area (Å²) in [5.41, 5.74) is 8.02. The van der Waals surface area contributed by atoms with E-state index in [0.29, 0.717) is 28.6 Å². The summed E-state index contributed by atoms with van der Waals surface area (Å²) in [6, 6.07) is 5.66. The zero-order valence-corrected chi connectivity index (χ0v) is 17.9. The number of para-hydroxylation sites is 1. The number of thiophene rings is 1. The minimum atomic E-state index is -0.478. The van der Waals surface area contributed by atoms with Crippen LogP contribution in [-0.2, 0) is 24.2 Å². The van der Waals surface area contributed by atoms with Gasteiger partial charge in [-0.15, -0.1) is 11.3 Å². The van der Waals surface area contributed by atoms with Crippen LogP contribution in [0.2, 0.25) is 0 Å². The summed E-state index contributed by atoms with van der Waals surface area (Å²) in [4.78, 5) is 27.6. The Balaban J connectivity index is 1.69. The number of fused-ring (bicyclic) bond motifs is 1. The summed E-state index contributed by atoms with van der Waals surface area (Å²) in [6.45, 7) is 0.679. The van der Waals surface area contributed by atoms with Gasteiger partial charge in [0.05, 0.1) is 26.3 Å². The van der Waals surface area contributed by atoms with Gasteiger partial charge in [-0.2, -0.15) is 0 Å². The van der Waals surface area contributed by atoms with E-state index in [-0.39, 0.29) is 12.5 Å². The third-order valence-corrected chi connectivity index (χ3v) is 6.22. The van der Waals surface area contributed by atoms with Crippen molar-refractivity contribution in [1.82, 2.24) is 4.90 Å². The summed E-state index contributed by atoms with van der Waals surface area (Å²) in [5, 5.41) is 3.47. The zero-order valence-electron chi connectivity index (χ0n) is 17.0. The minimum Gasteiger partial charge on any atom is -0.493 e. The lowest BCUT2D eigenvalue weighted by atomic mass is 9.95. The standard InChI is InChI=1S/C21H27N3O4S/c1-24(11-13-7-6-9-15(27-2)19(13)28-3)12-17(25)23-21-18(20(22)26)14-8-4-5-10-16(14)29-21/h6-7,9H,4-5,8,10-12H2,1-3H3,(H2,22,26)(H,23,25). The second kappa shape index (κ2) is 9.28. The number of nitrogens with two attached hydrogens (primary N) is 1. The molecule has 0 aliphatic heterocycles. The molecule has 7 nitrogen and oxygen atoms in total. The Bertz CT molecular complexity index is 910. The highest BCUT2D eigenvalue weighted by atomic mass is 32.1. The molecule has 3 N–H and O–H groups in total. The molecular weight excluding hydrogens is 390 g/mol. The van der Waals surface area contributed by atoms with Gasteiger partial charge >= 0.3 is 0 Å². The van der Waals surface area contributed by atoms with E-state index in [1.54, 1.807) is 14.2 Å². The maximum absolute atomic E-state index is 12.6. The van der Waals surface area contributed by atoms with Crippen molar-refractivity contribution in [2.45, 2.75) is 32.2 Å². The van der Waals surface area contributed by atoms with Crippen LogP contribution in [0.25, 0.3) is 0 Å². The van der Waals surface area contributed by atoms with Gasteiger partial charge in [0.2, 0.25) is 5.91 Å². The van der Waals surface area contributed by atoms with E-state index in [4.69, 9.17) is 15.2 Å². The molecule has 1 aromatic heterocycles. The molecule has 1 aromatic carbocycles. The number of carbonyl (C=O) groups excluding carboxylic acids is 2. The molecule has 8 heteroatoms. The summed E-state index contributed by atoms with van der Waals surface area (Å²) < 4.78 is 10.8. The van der Waals surface area contributed by atoms with E-state index in [1.165, 1.54) is 11.3 Å². The fourth-order valence-corrected chi connectivity index (χ4v) is 5.06. The normalized spacial score (nSPS) is 13.1. The van der Waals surface area contributed by atoms with Crippen molar-refractivity contribution in [2.24, 2.45) is 5.73 Å². The fourth-order valence-electron chi connectivity index (χ4n) is 3.75. The van der Waals surface area contributed by atoms with E-state index in [1.807, 2.05) is 30.1 Å². The molecule has 1 aliphatic carbocycles. The topological polar surface area (TPSA) is 93.9 Å². The number of nitrogens with one attached hydrogen (secondary N) is 1. The van der Waals surface area contributed by atoms with E-state index >= 15 is 0 Å². The molecule has 0 radical (unpaired) electrons. The van der Waals surface area contributed by atoms with Crippen molar-refractivity contribution in [3.05, 3.63) is 39.8 Å². The van der Waals surface area contributed by atoms with Crippen LogP contribution in [0.5, 0.6) is 11.5 Å². The van der Waals surface area contributed by atoms with Crippen LogP contribution < -0.4 is 20.5 Å². The summed E-state index contributed by atoms with van der Waals surface area (Å²) in [6.07, 6.45) is 3.92. The predicted octanol–water partition coefficient (Wildman–Crippen LogP) is 2.81. The number of rotatable bonds is 8. The Morgan fingerprint density at radius 2 is 1.97 bits per heavy atom.